The van der Waals surface area contributed by atoms with Gasteiger partial charge in [-0.15, -0.1) is 0 Å². The molecule has 4 heteroatoms. The summed E-state index contributed by atoms with van der Waals surface area (Å²) < 4.78 is 0. The Morgan fingerprint density at radius 1 is 1.14 bits per heavy atom. The van der Waals surface area contributed by atoms with Crippen LogP contribution in [-0.2, 0) is 11.2 Å². The van der Waals surface area contributed by atoms with Crippen molar-refractivity contribution in [3.8, 4) is 0 Å². The SMILES string of the molecule is CCc1ccc(C(C)Nc2cccc(NC(=O)CO)c2)cc1. The summed E-state index contributed by atoms with van der Waals surface area (Å²) in [7, 11) is 0. The Morgan fingerprint density at radius 2 is 1.82 bits per heavy atom. The van der Waals surface area contributed by atoms with Gasteiger partial charge in [-0.3, -0.25) is 4.79 Å². The Labute approximate surface area is 131 Å². The number of amides is 1. The van der Waals surface area contributed by atoms with Crippen molar-refractivity contribution in [3.63, 3.8) is 0 Å². The van der Waals surface area contributed by atoms with Crippen LogP contribution in [0.15, 0.2) is 48.5 Å². The van der Waals surface area contributed by atoms with Crippen LogP contribution in [0.4, 0.5) is 11.4 Å². The zero-order valence-corrected chi connectivity index (χ0v) is 13.0. The molecule has 0 aliphatic carbocycles. The van der Waals surface area contributed by atoms with Gasteiger partial charge in [-0.2, -0.15) is 0 Å². The summed E-state index contributed by atoms with van der Waals surface area (Å²) in [5.41, 5.74) is 4.12. The number of hydrogen-bond donors (Lipinski definition) is 3. The zero-order chi connectivity index (χ0) is 15.9. The van der Waals surface area contributed by atoms with E-state index in [1.165, 1.54) is 11.1 Å². The maximum absolute atomic E-state index is 11.2. The molecule has 3 N–H and O–H groups in total. The Hall–Kier alpha value is -2.33. The highest BCUT2D eigenvalue weighted by Gasteiger charge is 2.06. The normalized spacial score (nSPS) is 11.8. The highest BCUT2D eigenvalue weighted by Crippen LogP contribution is 2.22. The fraction of sp³-hybridized carbons (Fsp3) is 0.278. The average molecular weight is 298 g/mol. The molecule has 1 atom stereocenters. The maximum atomic E-state index is 11.2. The first kappa shape index (κ1) is 16.0. The molecule has 2 aromatic carbocycles. The molecular weight excluding hydrogens is 276 g/mol. The first-order valence-electron chi connectivity index (χ1n) is 7.48. The van der Waals surface area contributed by atoms with E-state index in [1.54, 1.807) is 6.07 Å². The zero-order valence-electron chi connectivity index (χ0n) is 13.0. The van der Waals surface area contributed by atoms with E-state index in [2.05, 4.69) is 48.7 Å². The Balaban J connectivity index is 2.05. The number of hydrogen-bond acceptors (Lipinski definition) is 3. The van der Waals surface area contributed by atoms with Crippen molar-refractivity contribution < 1.29 is 9.90 Å². The van der Waals surface area contributed by atoms with Crippen LogP contribution >= 0.6 is 0 Å². The molecule has 0 spiro atoms. The van der Waals surface area contributed by atoms with E-state index in [0.29, 0.717) is 5.69 Å². The lowest BCUT2D eigenvalue weighted by Crippen LogP contribution is -2.15. The number of carbonyl (C=O) groups is 1. The van der Waals surface area contributed by atoms with Crippen LogP contribution in [0.25, 0.3) is 0 Å². The first-order valence-corrected chi connectivity index (χ1v) is 7.48. The fourth-order valence-electron chi connectivity index (χ4n) is 2.26. The molecule has 1 unspecified atom stereocenters. The summed E-state index contributed by atoms with van der Waals surface area (Å²) in [6.45, 7) is 3.72. The van der Waals surface area contributed by atoms with Crippen molar-refractivity contribution in [2.75, 3.05) is 17.2 Å². The van der Waals surface area contributed by atoms with Gasteiger partial charge in [-0.05, 0) is 42.7 Å². The number of rotatable bonds is 6. The van der Waals surface area contributed by atoms with Gasteiger partial charge in [0.2, 0.25) is 5.91 Å². The Kier molecular flexibility index (Phi) is 5.55. The number of aliphatic hydroxyl groups excluding tert-OH is 1. The lowest BCUT2D eigenvalue weighted by Gasteiger charge is -2.17. The summed E-state index contributed by atoms with van der Waals surface area (Å²) in [5.74, 6) is -0.416. The smallest absolute Gasteiger partial charge is 0.250 e. The van der Waals surface area contributed by atoms with Crippen LogP contribution in [0.2, 0.25) is 0 Å². The van der Waals surface area contributed by atoms with Crippen molar-refractivity contribution in [2.45, 2.75) is 26.3 Å². The average Bonchev–Trinajstić information content (AvgIpc) is 2.55. The second-order valence-electron chi connectivity index (χ2n) is 5.25. The van der Waals surface area contributed by atoms with Gasteiger partial charge in [0, 0.05) is 17.4 Å². The van der Waals surface area contributed by atoms with E-state index < -0.39 is 12.5 Å². The van der Waals surface area contributed by atoms with Crippen LogP contribution in [0.3, 0.4) is 0 Å². The van der Waals surface area contributed by atoms with Crippen LogP contribution < -0.4 is 10.6 Å². The molecule has 0 heterocycles. The Bertz CT molecular complexity index is 623. The summed E-state index contributed by atoms with van der Waals surface area (Å²) in [4.78, 5) is 11.2. The topological polar surface area (TPSA) is 61.4 Å². The van der Waals surface area contributed by atoms with Gasteiger partial charge in [-0.1, -0.05) is 37.3 Å². The maximum Gasteiger partial charge on any atom is 0.250 e. The van der Waals surface area contributed by atoms with E-state index in [4.69, 9.17) is 5.11 Å². The van der Waals surface area contributed by atoms with Crippen LogP contribution in [-0.4, -0.2) is 17.6 Å². The number of benzene rings is 2. The molecule has 22 heavy (non-hydrogen) atoms. The quantitative estimate of drug-likeness (QED) is 0.766. The van der Waals surface area contributed by atoms with Gasteiger partial charge in [0.15, 0.2) is 0 Å². The van der Waals surface area contributed by atoms with Crippen molar-refractivity contribution in [2.24, 2.45) is 0 Å². The summed E-state index contributed by atoms with van der Waals surface area (Å²) in [5, 5.41) is 14.8. The number of carbonyl (C=O) groups excluding carboxylic acids is 1. The van der Waals surface area contributed by atoms with Crippen LogP contribution in [0.1, 0.15) is 31.0 Å². The third-order valence-electron chi connectivity index (χ3n) is 3.56. The largest absolute Gasteiger partial charge is 0.387 e. The summed E-state index contributed by atoms with van der Waals surface area (Å²) in [6, 6.07) is 16.2. The van der Waals surface area contributed by atoms with Gasteiger partial charge < -0.3 is 15.7 Å². The Morgan fingerprint density at radius 3 is 2.45 bits per heavy atom. The molecule has 0 saturated heterocycles. The third kappa shape index (κ3) is 4.33. The van der Waals surface area contributed by atoms with Gasteiger partial charge in [0.1, 0.15) is 6.61 Å². The number of anilines is 2. The third-order valence-corrected chi connectivity index (χ3v) is 3.56. The predicted octanol–water partition coefficient (Wildman–Crippen LogP) is 3.35. The lowest BCUT2D eigenvalue weighted by atomic mass is 10.0. The van der Waals surface area contributed by atoms with E-state index in [-0.39, 0.29) is 6.04 Å². The van der Waals surface area contributed by atoms with Gasteiger partial charge in [0.05, 0.1) is 0 Å². The van der Waals surface area contributed by atoms with Crippen LogP contribution in [0, 0.1) is 0 Å². The van der Waals surface area contributed by atoms with Crippen molar-refractivity contribution in [1.29, 1.82) is 0 Å². The molecule has 0 fully saturated rings. The molecule has 0 bridgehead atoms. The minimum absolute atomic E-state index is 0.162. The number of aryl methyl sites for hydroxylation is 1. The lowest BCUT2D eigenvalue weighted by molar-refractivity contribution is -0.118. The van der Waals surface area contributed by atoms with E-state index in [1.807, 2.05) is 18.2 Å². The van der Waals surface area contributed by atoms with Crippen molar-refractivity contribution in [1.82, 2.24) is 0 Å². The molecule has 116 valence electrons. The van der Waals surface area contributed by atoms with E-state index in [9.17, 15) is 4.79 Å². The summed E-state index contributed by atoms with van der Waals surface area (Å²) in [6.07, 6.45) is 1.04. The second-order valence-corrected chi connectivity index (χ2v) is 5.25. The molecule has 0 saturated carbocycles. The van der Waals surface area contributed by atoms with Crippen molar-refractivity contribution >= 4 is 17.3 Å². The molecule has 0 aliphatic rings. The molecule has 0 aromatic heterocycles. The molecule has 4 nitrogen and oxygen atoms in total. The molecule has 2 rings (SSSR count). The highest BCUT2D eigenvalue weighted by molar-refractivity contribution is 5.91. The minimum atomic E-state index is -0.516. The fourth-order valence-corrected chi connectivity index (χ4v) is 2.26. The number of nitrogens with one attached hydrogen (secondary N) is 2. The van der Waals surface area contributed by atoms with E-state index in [0.717, 1.165) is 12.1 Å². The highest BCUT2D eigenvalue weighted by atomic mass is 16.3. The summed E-state index contributed by atoms with van der Waals surface area (Å²) >= 11 is 0. The standard InChI is InChI=1S/C18H22N2O2/c1-3-14-7-9-15(10-8-14)13(2)19-16-5-4-6-17(11-16)20-18(22)12-21/h4-11,13,19,21H,3,12H2,1-2H3,(H,20,22). The van der Waals surface area contributed by atoms with Gasteiger partial charge in [0.25, 0.3) is 0 Å². The van der Waals surface area contributed by atoms with E-state index >= 15 is 0 Å². The minimum Gasteiger partial charge on any atom is -0.387 e. The number of aliphatic hydroxyl groups is 1. The van der Waals surface area contributed by atoms with Crippen LogP contribution in [0.5, 0.6) is 0 Å². The molecule has 0 aliphatic heterocycles. The second kappa shape index (κ2) is 7.61. The van der Waals surface area contributed by atoms with Gasteiger partial charge in [-0.25, -0.2) is 0 Å². The van der Waals surface area contributed by atoms with Gasteiger partial charge >= 0.3 is 0 Å². The predicted molar refractivity (Wildman–Crippen MR) is 90.0 cm³/mol. The molecular formula is C18H22N2O2. The molecule has 2 aromatic rings. The molecule has 1 amide bonds. The molecule has 0 radical (unpaired) electrons. The van der Waals surface area contributed by atoms with Crippen molar-refractivity contribution in [3.05, 3.63) is 59.7 Å². The monoisotopic (exact) mass is 298 g/mol. The first-order chi connectivity index (χ1) is 10.6.